The standard InChI is InChI=1S/C21H23NO3/c23-14-18(24)19(15-8-2-1-3-9-15)22-17-11-5-4-10-16(17)21(20(22)25)12-6-7-13-21/h1-5,8-11,18-19,23-24H,6-7,12-14H2/t18-,19+/m1/s1. The molecule has 130 valence electrons. The maximum Gasteiger partial charge on any atom is 0.238 e. The Balaban J connectivity index is 1.87. The zero-order chi connectivity index (χ0) is 17.4. The summed E-state index contributed by atoms with van der Waals surface area (Å²) in [4.78, 5) is 15.3. The molecule has 0 aromatic heterocycles. The summed E-state index contributed by atoms with van der Waals surface area (Å²) in [7, 11) is 0. The van der Waals surface area contributed by atoms with Gasteiger partial charge in [-0.2, -0.15) is 0 Å². The summed E-state index contributed by atoms with van der Waals surface area (Å²) in [5.74, 6) is 0.0625. The van der Waals surface area contributed by atoms with Gasteiger partial charge in [-0.15, -0.1) is 0 Å². The fourth-order valence-corrected chi connectivity index (χ4v) is 4.57. The second kappa shape index (κ2) is 6.28. The molecule has 2 aromatic rings. The number of carbonyl (C=O) groups excluding carboxylic acids is 1. The Morgan fingerprint density at radius 2 is 1.64 bits per heavy atom. The first-order valence-corrected chi connectivity index (χ1v) is 8.96. The van der Waals surface area contributed by atoms with Crippen LogP contribution in [-0.4, -0.2) is 28.8 Å². The third kappa shape index (κ3) is 2.40. The summed E-state index contributed by atoms with van der Waals surface area (Å²) in [5.41, 5.74) is 2.32. The van der Waals surface area contributed by atoms with Gasteiger partial charge in [-0.3, -0.25) is 4.79 Å². The minimum Gasteiger partial charge on any atom is -0.394 e. The highest BCUT2D eigenvalue weighted by Crippen LogP contribution is 2.53. The van der Waals surface area contributed by atoms with Crippen LogP contribution < -0.4 is 4.90 Å². The van der Waals surface area contributed by atoms with E-state index in [1.165, 1.54) is 0 Å². The van der Waals surface area contributed by atoms with E-state index >= 15 is 0 Å². The molecule has 0 unspecified atom stereocenters. The highest BCUT2D eigenvalue weighted by molar-refractivity contribution is 6.09. The van der Waals surface area contributed by atoms with E-state index in [0.717, 1.165) is 42.5 Å². The number of aliphatic hydroxyl groups excluding tert-OH is 2. The van der Waals surface area contributed by atoms with E-state index in [0.29, 0.717) is 0 Å². The lowest BCUT2D eigenvalue weighted by Gasteiger charge is -2.33. The van der Waals surface area contributed by atoms with Gasteiger partial charge in [0.25, 0.3) is 0 Å². The first kappa shape index (κ1) is 16.3. The normalized spacial score (nSPS) is 20.7. The largest absolute Gasteiger partial charge is 0.394 e. The van der Waals surface area contributed by atoms with Crippen LogP contribution in [0.4, 0.5) is 5.69 Å². The third-order valence-corrected chi connectivity index (χ3v) is 5.74. The molecule has 1 amide bonds. The number of rotatable bonds is 4. The minimum atomic E-state index is -1.03. The fraction of sp³-hybridized carbons (Fsp3) is 0.381. The molecular formula is C21H23NO3. The van der Waals surface area contributed by atoms with Gasteiger partial charge >= 0.3 is 0 Å². The van der Waals surface area contributed by atoms with Gasteiger partial charge < -0.3 is 15.1 Å². The van der Waals surface area contributed by atoms with Crippen molar-refractivity contribution in [3.05, 3.63) is 65.7 Å². The monoisotopic (exact) mass is 337 g/mol. The lowest BCUT2D eigenvalue weighted by molar-refractivity contribution is -0.124. The molecule has 2 aliphatic rings. The van der Waals surface area contributed by atoms with Crippen molar-refractivity contribution >= 4 is 11.6 Å². The molecule has 1 fully saturated rings. The van der Waals surface area contributed by atoms with Gasteiger partial charge in [-0.1, -0.05) is 61.4 Å². The number of carbonyl (C=O) groups is 1. The van der Waals surface area contributed by atoms with Gasteiger partial charge in [-0.05, 0) is 30.0 Å². The quantitative estimate of drug-likeness (QED) is 0.902. The molecule has 4 heteroatoms. The topological polar surface area (TPSA) is 60.8 Å². The number of aliphatic hydroxyl groups is 2. The molecule has 25 heavy (non-hydrogen) atoms. The number of benzene rings is 2. The summed E-state index contributed by atoms with van der Waals surface area (Å²) in [6, 6.07) is 16.8. The molecule has 0 bridgehead atoms. The van der Waals surface area contributed by atoms with Gasteiger partial charge in [0.05, 0.1) is 18.1 Å². The number of fused-ring (bicyclic) bond motifs is 2. The Labute approximate surface area is 147 Å². The van der Waals surface area contributed by atoms with Crippen LogP contribution in [0.3, 0.4) is 0 Å². The first-order valence-electron chi connectivity index (χ1n) is 8.96. The number of amides is 1. The smallest absolute Gasteiger partial charge is 0.238 e. The number of hydrogen-bond acceptors (Lipinski definition) is 3. The van der Waals surface area contributed by atoms with Crippen LogP contribution in [0.1, 0.15) is 42.9 Å². The van der Waals surface area contributed by atoms with Gasteiger partial charge in [0, 0.05) is 5.69 Å². The van der Waals surface area contributed by atoms with Crippen LogP contribution in [0.5, 0.6) is 0 Å². The molecular weight excluding hydrogens is 314 g/mol. The summed E-state index contributed by atoms with van der Waals surface area (Å²) in [6.45, 7) is -0.390. The van der Waals surface area contributed by atoms with Crippen LogP contribution in [0.2, 0.25) is 0 Å². The molecule has 2 N–H and O–H groups in total. The average molecular weight is 337 g/mol. The zero-order valence-corrected chi connectivity index (χ0v) is 14.1. The number of anilines is 1. The molecule has 1 saturated carbocycles. The van der Waals surface area contributed by atoms with Crippen molar-refractivity contribution in [3.63, 3.8) is 0 Å². The van der Waals surface area contributed by atoms with E-state index in [-0.39, 0.29) is 5.91 Å². The SMILES string of the molecule is O=C1N([C@@H](c2ccccc2)[C@H](O)CO)c2ccccc2C12CCCC2. The minimum absolute atomic E-state index is 0.0625. The Morgan fingerprint density at radius 1 is 1.00 bits per heavy atom. The predicted octanol–water partition coefficient (Wildman–Crippen LogP) is 2.94. The van der Waals surface area contributed by atoms with Crippen LogP contribution in [-0.2, 0) is 10.2 Å². The Bertz CT molecular complexity index is 768. The molecule has 1 aliphatic carbocycles. The van der Waals surface area contributed by atoms with Gasteiger partial charge in [-0.25, -0.2) is 0 Å². The molecule has 0 radical (unpaired) electrons. The zero-order valence-electron chi connectivity index (χ0n) is 14.1. The molecule has 1 spiro atoms. The highest BCUT2D eigenvalue weighted by Gasteiger charge is 2.54. The van der Waals surface area contributed by atoms with E-state index in [1.807, 2.05) is 54.6 Å². The Hall–Kier alpha value is -2.17. The second-order valence-electron chi connectivity index (χ2n) is 7.09. The number of para-hydroxylation sites is 1. The molecule has 0 saturated heterocycles. The second-order valence-corrected chi connectivity index (χ2v) is 7.09. The van der Waals surface area contributed by atoms with E-state index < -0.39 is 24.2 Å². The highest BCUT2D eigenvalue weighted by atomic mass is 16.3. The van der Waals surface area contributed by atoms with Crippen LogP contribution in [0, 0.1) is 0 Å². The van der Waals surface area contributed by atoms with Crippen LogP contribution >= 0.6 is 0 Å². The van der Waals surface area contributed by atoms with Crippen molar-refractivity contribution < 1.29 is 15.0 Å². The summed E-state index contributed by atoms with van der Waals surface area (Å²) in [5, 5.41) is 20.2. The summed E-state index contributed by atoms with van der Waals surface area (Å²) < 4.78 is 0. The molecule has 1 aliphatic heterocycles. The van der Waals surface area contributed by atoms with E-state index in [2.05, 4.69) is 0 Å². The van der Waals surface area contributed by atoms with Crippen molar-refractivity contribution in [3.8, 4) is 0 Å². The summed E-state index contributed by atoms with van der Waals surface area (Å²) in [6.07, 6.45) is 2.78. The molecule has 4 rings (SSSR count). The van der Waals surface area contributed by atoms with Crippen molar-refractivity contribution in [2.45, 2.75) is 43.2 Å². The number of hydrogen-bond donors (Lipinski definition) is 2. The molecule has 4 nitrogen and oxygen atoms in total. The molecule has 1 heterocycles. The van der Waals surface area contributed by atoms with Gasteiger partial charge in [0.15, 0.2) is 0 Å². The van der Waals surface area contributed by atoms with Crippen LogP contribution in [0.15, 0.2) is 54.6 Å². The lowest BCUT2D eigenvalue weighted by atomic mass is 9.80. The van der Waals surface area contributed by atoms with E-state index in [1.54, 1.807) is 4.90 Å². The Morgan fingerprint density at radius 3 is 2.32 bits per heavy atom. The van der Waals surface area contributed by atoms with Crippen LogP contribution in [0.25, 0.3) is 0 Å². The predicted molar refractivity (Wildman–Crippen MR) is 96.3 cm³/mol. The summed E-state index contributed by atoms with van der Waals surface area (Å²) >= 11 is 0. The average Bonchev–Trinajstić information content (AvgIpc) is 3.24. The molecule has 2 atom stereocenters. The molecule has 2 aromatic carbocycles. The number of nitrogens with zero attached hydrogens (tertiary/aromatic N) is 1. The maximum absolute atomic E-state index is 13.6. The van der Waals surface area contributed by atoms with E-state index in [9.17, 15) is 15.0 Å². The maximum atomic E-state index is 13.6. The first-order chi connectivity index (χ1) is 12.2. The van der Waals surface area contributed by atoms with Crippen molar-refractivity contribution in [2.24, 2.45) is 0 Å². The van der Waals surface area contributed by atoms with Crippen molar-refractivity contribution in [1.29, 1.82) is 0 Å². The fourth-order valence-electron chi connectivity index (χ4n) is 4.57. The third-order valence-electron chi connectivity index (χ3n) is 5.74. The van der Waals surface area contributed by atoms with E-state index in [4.69, 9.17) is 0 Å². The van der Waals surface area contributed by atoms with Gasteiger partial charge in [0.1, 0.15) is 6.10 Å². The Kier molecular flexibility index (Phi) is 4.10. The van der Waals surface area contributed by atoms with Crippen molar-refractivity contribution in [1.82, 2.24) is 0 Å². The van der Waals surface area contributed by atoms with Crippen molar-refractivity contribution in [2.75, 3.05) is 11.5 Å². The van der Waals surface area contributed by atoms with Gasteiger partial charge in [0.2, 0.25) is 5.91 Å². The lowest BCUT2D eigenvalue weighted by Crippen LogP contribution is -2.45.